The fourth-order valence-corrected chi connectivity index (χ4v) is 3.98. The Morgan fingerprint density at radius 1 is 1.27 bits per heavy atom. The zero-order chi connectivity index (χ0) is 15.7. The van der Waals surface area contributed by atoms with E-state index in [0.29, 0.717) is 12.0 Å². The first-order valence-electron chi connectivity index (χ1n) is 8.38. The lowest BCUT2D eigenvalue weighted by molar-refractivity contribution is -0.152. The van der Waals surface area contributed by atoms with Gasteiger partial charge in [-0.1, -0.05) is 0 Å². The number of amides is 2. The highest BCUT2D eigenvalue weighted by Crippen LogP contribution is 2.33. The molecular weight excluding hydrogens is 282 g/mol. The molecule has 3 heterocycles. The minimum atomic E-state index is -0.0226. The number of nitrogens with zero attached hydrogens (tertiary/aromatic N) is 3. The zero-order valence-electron chi connectivity index (χ0n) is 13.7. The van der Waals surface area contributed by atoms with Crippen molar-refractivity contribution in [3.63, 3.8) is 0 Å². The van der Waals surface area contributed by atoms with Gasteiger partial charge in [-0.05, 0) is 38.1 Å². The Morgan fingerprint density at radius 2 is 2.00 bits per heavy atom. The number of ether oxygens (including phenoxy) is 1. The highest BCUT2D eigenvalue weighted by atomic mass is 16.5. The summed E-state index contributed by atoms with van der Waals surface area (Å²) in [5.74, 6) is 0.706. The number of rotatable bonds is 3. The summed E-state index contributed by atoms with van der Waals surface area (Å²) >= 11 is 0. The average molecular weight is 309 g/mol. The van der Waals surface area contributed by atoms with Gasteiger partial charge >= 0.3 is 0 Å². The van der Waals surface area contributed by atoms with Crippen molar-refractivity contribution in [3.8, 4) is 0 Å². The Balaban J connectivity index is 1.69. The molecular formula is C16H27N3O3. The van der Waals surface area contributed by atoms with Crippen molar-refractivity contribution in [3.05, 3.63) is 0 Å². The van der Waals surface area contributed by atoms with Gasteiger partial charge in [-0.2, -0.15) is 0 Å². The second-order valence-electron chi connectivity index (χ2n) is 6.99. The summed E-state index contributed by atoms with van der Waals surface area (Å²) in [6, 6.07) is 0.443. The van der Waals surface area contributed by atoms with Gasteiger partial charge < -0.3 is 14.5 Å². The number of likely N-dealkylation sites (N-methyl/N-ethyl adjacent to an activating group) is 1. The summed E-state index contributed by atoms with van der Waals surface area (Å²) < 4.78 is 5.45. The molecule has 0 aromatic rings. The van der Waals surface area contributed by atoms with Crippen LogP contribution in [-0.4, -0.2) is 85.5 Å². The summed E-state index contributed by atoms with van der Waals surface area (Å²) in [5.41, 5.74) is 0. The molecule has 0 aliphatic carbocycles. The topological polar surface area (TPSA) is 53.1 Å². The lowest BCUT2D eigenvalue weighted by Crippen LogP contribution is -2.62. The molecule has 22 heavy (non-hydrogen) atoms. The number of carbonyl (C=O) groups is 2. The van der Waals surface area contributed by atoms with Crippen molar-refractivity contribution in [2.24, 2.45) is 5.92 Å². The third kappa shape index (κ3) is 3.13. The van der Waals surface area contributed by atoms with E-state index < -0.39 is 0 Å². The van der Waals surface area contributed by atoms with Crippen molar-refractivity contribution in [1.82, 2.24) is 14.7 Å². The number of fused-ring (bicyclic) bond motifs is 2. The van der Waals surface area contributed by atoms with Crippen LogP contribution in [-0.2, 0) is 14.3 Å². The van der Waals surface area contributed by atoms with Crippen LogP contribution in [0.1, 0.15) is 25.7 Å². The van der Waals surface area contributed by atoms with E-state index in [1.165, 1.54) is 0 Å². The van der Waals surface area contributed by atoms with E-state index >= 15 is 0 Å². The molecule has 0 spiro atoms. The summed E-state index contributed by atoms with van der Waals surface area (Å²) in [5, 5.41) is 0. The first-order chi connectivity index (χ1) is 10.6. The van der Waals surface area contributed by atoms with Gasteiger partial charge in [-0.25, -0.2) is 0 Å². The van der Waals surface area contributed by atoms with Gasteiger partial charge in [0.25, 0.3) is 0 Å². The monoisotopic (exact) mass is 309 g/mol. The van der Waals surface area contributed by atoms with Gasteiger partial charge in [-0.15, -0.1) is 0 Å². The Labute approximate surface area is 132 Å². The van der Waals surface area contributed by atoms with E-state index in [2.05, 4.69) is 4.90 Å². The molecule has 3 aliphatic heterocycles. The number of likely N-dealkylation sites (tertiary alicyclic amines) is 2. The molecule has 0 N–H and O–H groups in total. The maximum Gasteiger partial charge on any atom is 0.241 e. The van der Waals surface area contributed by atoms with Gasteiger partial charge in [0, 0.05) is 39.9 Å². The van der Waals surface area contributed by atoms with Crippen molar-refractivity contribution >= 4 is 11.8 Å². The first kappa shape index (κ1) is 15.7. The molecule has 2 amide bonds. The Morgan fingerprint density at radius 3 is 2.68 bits per heavy atom. The molecule has 0 aromatic heterocycles. The summed E-state index contributed by atoms with van der Waals surface area (Å²) in [7, 11) is 3.48. The van der Waals surface area contributed by atoms with E-state index in [9.17, 15) is 9.59 Å². The lowest BCUT2D eigenvalue weighted by atomic mass is 9.84. The van der Waals surface area contributed by atoms with Gasteiger partial charge in [0.05, 0.1) is 12.6 Å². The van der Waals surface area contributed by atoms with Crippen LogP contribution in [0.5, 0.6) is 0 Å². The molecule has 3 rings (SSSR count). The van der Waals surface area contributed by atoms with Gasteiger partial charge in [0.15, 0.2) is 0 Å². The largest absolute Gasteiger partial charge is 0.381 e. The average Bonchev–Trinajstić information content (AvgIpc) is 2.53. The first-order valence-corrected chi connectivity index (χ1v) is 8.38. The van der Waals surface area contributed by atoms with Crippen molar-refractivity contribution in [2.45, 2.75) is 37.8 Å². The minimum Gasteiger partial charge on any atom is -0.381 e. The molecule has 6 heteroatoms. The van der Waals surface area contributed by atoms with E-state index in [-0.39, 0.29) is 24.4 Å². The third-order valence-electron chi connectivity index (χ3n) is 5.31. The van der Waals surface area contributed by atoms with Crippen LogP contribution in [0.15, 0.2) is 0 Å². The standard InChI is InChI=1S/C16H27N3O3/c1-17(2)15(20)11-18-10-12-3-6-19(14(9-12)16(18)21)13-4-7-22-8-5-13/h12-14H,3-11H2,1-2H3/t12-,14+/m0/s1. The molecule has 6 nitrogen and oxygen atoms in total. The van der Waals surface area contributed by atoms with Crippen LogP contribution in [0, 0.1) is 5.92 Å². The molecule has 2 atom stereocenters. The second-order valence-corrected chi connectivity index (χ2v) is 6.99. The molecule has 2 bridgehead atoms. The number of piperidine rings is 2. The Hall–Kier alpha value is -1.14. The van der Waals surface area contributed by atoms with E-state index in [1.54, 1.807) is 23.9 Å². The molecule has 0 aromatic carbocycles. The van der Waals surface area contributed by atoms with Crippen LogP contribution < -0.4 is 0 Å². The van der Waals surface area contributed by atoms with Crippen molar-refractivity contribution in [2.75, 3.05) is 46.9 Å². The molecule has 3 aliphatic rings. The Kier molecular flexibility index (Phi) is 4.68. The van der Waals surface area contributed by atoms with Crippen molar-refractivity contribution < 1.29 is 14.3 Å². The fraction of sp³-hybridized carbons (Fsp3) is 0.875. The Bertz CT molecular complexity index is 434. The normalized spacial score (nSPS) is 30.5. The molecule has 0 saturated carbocycles. The van der Waals surface area contributed by atoms with Crippen molar-refractivity contribution in [1.29, 1.82) is 0 Å². The van der Waals surface area contributed by atoms with Crippen LogP contribution >= 0.6 is 0 Å². The van der Waals surface area contributed by atoms with E-state index in [4.69, 9.17) is 4.74 Å². The number of hydrogen-bond acceptors (Lipinski definition) is 4. The van der Waals surface area contributed by atoms with Gasteiger partial charge in [0.2, 0.25) is 11.8 Å². The predicted octanol–water partition coefficient (Wildman–Crippen LogP) is 0.176. The highest BCUT2D eigenvalue weighted by molar-refractivity contribution is 5.88. The number of carbonyl (C=O) groups excluding carboxylic acids is 2. The zero-order valence-corrected chi connectivity index (χ0v) is 13.7. The van der Waals surface area contributed by atoms with Crippen LogP contribution in [0.25, 0.3) is 0 Å². The maximum absolute atomic E-state index is 12.8. The minimum absolute atomic E-state index is 0.00550. The maximum atomic E-state index is 12.8. The quantitative estimate of drug-likeness (QED) is 0.746. The van der Waals surface area contributed by atoms with Gasteiger partial charge in [-0.3, -0.25) is 14.5 Å². The SMILES string of the molecule is CN(C)C(=O)CN1C[C@H]2CCN(C3CCOCC3)[C@H](C2)C1=O. The highest BCUT2D eigenvalue weighted by Gasteiger charge is 2.44. The molecule has 124 valence electrons. The molecule has 0 radical (unpaired) electrons. The van der Waals surface area contributed by atoms with Crippen LogP contribution in [0.4, 0.5) is 0 Å². The summed E-state index contributed by atoms with van der Waals surface area (Å²) in [6.07, 6.45) is 4.13. The second kappa shape index (κ2) is 6.54. The molecule has 3 fully saturated rings. The van der Waals surface area contributed by atoms with Gasteiger partial charge in [0.1, 0.15) is 0 Å². The summed E-state index contributed by atoms with van der Waals surface area (Å²) in [6.45, 7) is 3.58. The van der Waals surface area contributed by atoms with Crippen LogP contribution in [0.2, 0.25) is 0 Å². The third-order valence-corrected chi connectivity index (χ3v) is 5.31. The number of hydrogen-bond donors (Lipinski definition) is 0. The van der Waals surface area contributed by atoms with Crippen LogP contribution in [0.3, 0.4) is 0 Å². The smallest absolute Gasteiger partial charge is 0.241 e. The predicted molar refractivity (Wildman–Crippen MR) is 82.3 cm³/mol. The molecule has 3 saturated heterocycles. The van der Waals surface area contributed by atoms with E-state index in [0.717, 1.165) is 52.0 Å². The summed E-state index contributed by atoms with van der Waals surface area (Å²) in [4.78, 5) is 30.5. The lowest BCUT2D eigenvalue weighted by Gasteiger charge is -2.49. The molecule has 0 unspecified atom stereocenters. The van der Waals surface area contributed by atoms with E-state index in [1.807, 2.05) is 0 Å². The fourth-order valence-electron chi connectivity index (χ4n) is 3.98.